The molecule has 0 radical (unpaired) electrons. The number of hydrogen-bond donors (Lipinski definition) is 0. The fourth-order valence-corrected chi connectivity index (χ4v) is 5.28. The molecule has 5 rings (SSSR count). The molecular formula is C20H28O6. The number of carbonyl (C=O) groups is 2. The molecule has 0 spiro atoms. The third-order valence-electron chi connectivity index (χ3n) is 6.93. The lowest BCUT2D eigenvalue weighted by atomic mass is 9.79. The topological polar surface area (TPSA) is 77.7 Å². The molecule has 0 aromatic rings. The first-order chi connectivity index (χ1) is 12.7. The average Bonchev–Trinajstić information content (AvgIpc) is 3.50. The Morgan fingerprint density at radius 1 is 0.692 bits per heavy atom. The molecule has 0 bridgehead atoms. The zero-order valence-corrected chi connectivity index (χ0v) is 15.1. The molecule has 2 aliphatic heterocycles. The molecule has 0 amide bonds. The average molecular weight is 364 g/mol. The molecule has 0 aromatic heterocycles. The van der Waals surface area contributed by atoms with Crippen LogP contribution in [0.2, 0.25) is 0 Å². The van der Waals surface area contributed by atoms with Gasteiger partial charge in [0.1, 0.15) is 0 Å². The standard InChI is InChI=1S/C20H28O6/c21-19(23-9-11-5-15-16(6-11)25-15)13-3-1-2-4-14(13)20(22)24-10-12-7-17-18(8-12)26-17/h11-18H,1-10H2. The first kappa shape index (κ1) is 17.0. The Balaban J connectivity index is 1.10. The van der Waals surface area contributed by atoms with Crippen LogP contribution in [0.3, 0.4) is 0 Å². The lowest BCUT2D eigenvalue weighted by Crippen LogP contribution is -2.36. The minimum absolute atomic E-state index is 0.205. The summed E-state index contributed by atoms with van der Waals surface area (Å²) in [6.07, 6.45) is 9.06. The van der Waals surface area contributed by atoms with E-state index < -0.39 is 0 Å². The highest BCUT2D eigenvalue weighted by atomic mass is 16.6. The van der Waals surface area contributed by atoms with Crippen molar-refractivity contribution in [2.45, 2.75) is 75.8 Å². The van der Waals surface area contributed by atoms with Crippen LogP contribution >= 0.6 is 0 Å². The van der Waals surface area contributed by atoms with Crippen LogP contribution in [0.5, 0.6) is 0 Å². The van der Waals surface area contributed by atoms with Gasteiger partial charge in [0.25, 0.3) is 0 Å². The van der Waals surface area contributed by atoms with Crippen molar-refractivity contribution in [3.63, 3.8) is 0 Å². The normalized spacial score (nSPS) is 45.5. The summed E-state index contributed by atoms with van der Waals surface area (Å²) in [6, 6.07) is 0. The fraction of sp³-hybridized carbons (Fsp3) is 0.900. The van der Waals surface area contributed by atoms with E-state index in [2.05, 4.69) is 0 Å². The highest BCUT2D eigenvalue weighted by Gasteiger charge is 2.49. The lowest BCUT2D eigenvalue weighted by Gasteiger charge is -2.29. The second-order valence-electron chi connectivity index (χ2n) is 8.86. The van der Waals surface area contributed by atoms with Gasteiger partial charge in [-0.2, -0.15) is 0 Å². The van der Waals surface area contributed by atoms with Crippen LogP contribution < -0.4 is 0 Å². The van der Waals surface area contributed by atoms with E-state index >= 15 is 0 Å². The van der Waals surface area contributed by atoms with Crippen molar-refractivity contribution in [1.29, 1.82) is 0 Å². The number of carbonyl (C=O) groups excluding carboxylic acids is 2. The SMILES string of the molecule is O=C(OCC1CC2OC2C1)C1CCCCC1C(=O)OCC1CC2OC2C1. The molecule has 26 heavy (non-hydrogen) atoms. The summed E-state index contributed by atoms with van der Waals surface area (Å²) in [6.45, 7) is 0.941. The van der Waals surface area contributed by atoms with Crippen molar-refractivity contribution in [2.75, 3.05) is 13.2 Å². The monoisotopic (exact) mass is 364 g/mol. The maximum atomic E-state index is 12.6. The molecule has 5 fully saturated rings. The lowest BCUT2D eigenvalue weighted by molar-refractivity contribution is -0.164. The summed E-state index contributed by atoms with van der Waals surface area (Å²) < 4.78 is 22.0. The number of fused-ring (bicyclic) bond motifs is 2. The van der Waals surface area contributed by atoms with Crippen LogP contribution in [0.1, 0.15) is 51.4 Å². The van der Waals surface area contributed by atoms with Crippen molar-refractivity contribution < 1.29 is 28.5 Å². The second-order valence-corrected chi connectivity index (χ2v) is 8.86. The van der Waals surface area contributed by atoms with E-state index in [0.717, 1.165) is 51.4 Å². The van der Waals surface area contributed by atoms with Crippen molar-refractivity contribution in [1.82, 2.24) is 0 Å². The molecule has 6 unspecified atom stereocenters. The third-order valence-corrected chi connectivity index (χ3v) is 6.93. The summed E-state index contributed by atoms with van der Waals surface area (Å²) in [4.78, 5) is 25.2. The number of rotatable bonds is 6. The van der Waals surface area contributed by atoms with Gasteiger partial charge >= 0.3 is 11.9 Å². The van der Waals surface area contributed by atoms with Crippen molar-refractivity contribution in [2.24, 2.45) is 23.7 Å². The molecule has 2 saturated heterocycles. The van der Waals surface area contributed by atoms with Crippen LogP contribution in [-0.4, -0.2) is 49.6 Å². The Morgan fingerprint density at radius 3 is 1.46 bits per heavy atom. The van der Waals surface area contributed by atoms with Crippen molar-refractivity contribution in [3.8, 4) is 0 Å². The maximum absolute atomic E-state index is 12.6. The van der Waals surface area contributed by atoms with Crippen LogP contribution in [-0.2, 0) is 28.5 Å². The Morgan fingerprint density at radius 2 is 1.08 bits per heavy atom. The Kier molecular flexibility index (Phi) is 4.44. The summed E-state index contributed by atoms with van der Waals surface area (Å²) in [7, 11) is 0. The Labute approximate surface area is 153 Å². The van der Waals surface area contributed by atoms with E-state index in [1.807, 2.05) is 0 Å². The number of esters is 2. The minimum Gasteiger partial charge on any atom is -0.465 e. The van der Waals surface area contributed by atoms with Crippen molar-refractivity contribution in [3.05, 3.63) is 0 Å². The summed E-state index contributed by atoms with van der Waals surface area (Å²) >= 11 is 0. The van der Waals surface area contributed by atoms with Gasteiger partial charge in [0, 0.05) is 0 Å². The quantitative estimate of drug-likeness (QED) is 0.531. The highest BCUT2D eigenvalue weighted by Crippen LogP contribution is 2.43. The van der Waals surface area contributed by atoms with Crippen LogP contribution in [0.15, 0.2) is 0 Å². The van der Waals surface area contributed by atoms with Crippen LogP contribution in [0.4, 0.5) is 0 Å². The maximum Gasteiger partial charge on any atom is 0.309 e. The molecule has 0 aromatic carbocycles. The highest BCUT2D eigenvalue weighted by molar-refractivity contribution is 5.82. The molecule has 5 aliphatic rings. The van der Waals surface area contributed by atoms with E-state index in [4.69, 9.17) is 18.9 Å². The zero-order chi connectivity index (χ0) is 17.7. The van der Waals surface area contributed by atoms with E-state index in [-0.39, 0.29) is 23.8 Å². The zero-order valence-electron chi connectivity index (χ0n) is 15.1. The van der Waals surface area contributed by atoms with Gasteiger partial charge in [-0.3, -0.25) is 9.59 Å². The fourth-order valence-electron chi connectivity index (χ4n) is 5.28. The molecule has 2 heterocycles. The largest absolute Gasteiger partial charge is 0.465 e. The summed E-state index contributed by atoms with van der Waals surface area (Å²) in [5, 5.41) is 0. The van der Waals surface area contributed by atoms with Gasteiger partial charge in [-0.25, -0.2) is 0 Å². The number of epoxide rings is 2. The Hall–Kier alpha value is -1.14. The van der Waals surface area contributed by atoms with Crippen LogP contribution in [0, 0.1) is 23.7 Å². The molecule has 144 valence electrons. The van der Waals surface area contributed by atoms with Gasteiger partial charge in [0.15, 0.2) is 0 Å². The molecule has 0 N–H and O–H groups in total. The third kappa shape index (κ3) is 3.50. The first-order valence-electron chi connectivity index (χ1n) is 10.3. The molecule has 6 atom stereocenters. The van der Waals surface area contributed by atoms with E-state index in [9.17, 15) is 9.59 Å². The number of hydrogen-bond acceptors (Lipinski definition) is 6. The van der Waals surface area contributed by atoms with Crippen LogP contribution in [0.25, 0.3) is 0 Å². The smallest absolute Gasteiger partial charge is 0.309 e. The molecule has 3 aliphatic carbocycles. The number of ether oxygens (including phenoxy) is 4. The Bertz CT molecular complexity index is 507. The summed E-state index contributed by atoms with van der Waals surface area (Å²) in [5.74, 6) is -0.222. The van der Waals surface area contributed by atoms with E-state index in [1.54, 1.807) is 0 Å². The first-order valence-corrected chi connectivity index (χ1v) is 10.3. The molecule has 6 nitrogen and oxygen atoms in total. The van der Waals surface area contributed by atoms with Gasteiger partial charge in [0.2, 0.25) is 0 Å². The predicted molar refractivity (Wildman–Crippen MR) is 90.1 cm³/mol. The minimum atomic E-state index is -0.330. The summed E-state index contributed by atoms with van der Waals surface area (Å²) in [5.41, 5.74) is 0. The van der Waals surface area contributed by atoms with Gasteiger partial charge in [-0.1, -0.05) is 12.8 Å². The molecule has 6 heteroatoms. The van der Waals surface area contributed by atoms with E-state index in [0.29, 0.717) is 49.5 Å². The molecular weight excluding hydrogens is 336 g/mol. The predicted octanol–water partition coefficient (Wildman–Crippen LogP) is 2.23. The van der Waals surface area contributed by atoms with Crippen molar-refractivity contribution >= 4 is 11.9 Å². The van der Waals surface area contributed by atoms with Gasteiger partial charge < -0.3 is 18.9 Å². The second kappa shape index (κ2) is 6.79. The molecule has 3 saturated carbocycles. The van der Waals surface area contributed by atoms with Gasteiger partial charge in [-0.05, 0) is 50.4 Å². The van der Waals surface area contributed by atoms with Gasteiger partial charge in [-0.15, -0.1) is 0 Å². The van der Waals surface area contributed by atoms with E-state index in [1.165, 1.54) is 0 Å². The van der Waals surface area contributed by atoms with Gasteiger partial charge in [0.05, 0.1) is 49.5 Å².